The summed E-state index contributed by atoms with van der Waals surface area (Å²) in [6.07, 6.45) is 0.188. The highest BCUT2D eigenvalue weighted by atomic mass is 79.9. The van der Waals surface area contributed by atoms with Gasteiger partial charge in [0.2, 0.25) is 0 Å². The molecule has 2 rings (SSSR count). The fourth-order valence-corrected chi connectivity index (χ4v) is 3.04. The van der Waals surface area contributed by atoms with E-state index in [1.54, 1.807) is 19.1 Å². The van der Waals surface area contributed by atoms with Gasteiger partial charge < -0.3 is 9.15 Å². The Morgan fingerprint density at radius 2 is 2.33 bits per heavy atom. The number of esters is 1. The van der Waals surface area contributed by atoms with E-state index in [1.165, 1.54) is 11.3 Å². The molecule has 2 aromatic heterocycles. The molecule has 0 spiro atoms. The maximum atomic E-state index is 11.5. The molecule has 0 radical (unpaired) electrons. The number of hydrogen-bond acceptors (Lipinski definition) is 4. The average molecular weight is 350 g/mol. The molecule has 0 unspecified atom stereocenters. The molecule has 96 valence electrons. The molecule has 3 nitrogen and oxygen atoms in total. The Morgan fingerprint density at radius 3 is 2.94 bits per heavy atom. The maximum Gasteiger partial charge on any atom is 0.310 e. The Morgan fingerprint density at radius 1 is 1.56 bits per heavy atom. The Bertz CT molecular complexity index is 561. The number of halogens is 2. The second kappa shape index (κ2) is 5.91. The van der Waals surface area contributed by atoms with Crippen LogP contribution in [-0.2, 0) is 16.0 Å². The highest BCUT2D eigenvalue weighted by Gasteiger charge is 2.17. The topological polar surface area (TPSA) is 39.4 Å². The number of furan rings is 1. The van der Waals surface area contributed by atoms with Crippen LogP contribution in [0, 0.1) is 0 Å². The van der Waals surface area contributed by atoms with Gasteiger partial charge in [-0.2, -0.15) is 0 Å². The fourth-order valence-electron chi connectivity index (χ4n) is 1.54. The van der Waals surface area contributed by atoms with Gasteiger partial charge in [-0.25, -0.2) is 0 Å². The third-order valence-electron chi connectivity index (χ3n) is 2.22. The standard InChI is InChI=1S/C12H10BrClO3S/c1-2-16-11(15)6-7-5-9(13)17-12(7)8-3-4-10(14)18-8/h3-5H,2,6H2,1H3. The van der Waals surface area contributed by atoms with E-state index < -0.39 is 0 Å². The van der Waals surface area contributed by atoms with Crippen LogP contribution in [0.5, 0.6) is 0 Å². The molecule has 0 N–H and O–H groups in total. The first kappa shape index (κ1) is 13.6. The van der Waals surface area contributed by atoms with Gasteiger partial charge in [-0.15, -0.1) is 11.3 Å². The lowest BCUT2D eigenvalue weighted by Crippen LogP contribution is -2.07. The average Bonchev–Trinajstić information content (AvgIpc) is 2.85. The van der Waals surface area contributed by atoms with Crippen molar-refractivity contribution in [2.24, 2.45) is 0 Å². The van der Waals surface area contributed by atoms with Crippen LogP contribution in [0.4, 0.5) is 0 Å². The predicted octanol–water partition coefficient (Wildman–Crippen LogP) is 4.53. The maximum absolute atomic E-state index is 11.5. The van der Waals surface area contributed by atoms with Crippen LogP contribution in [0.15, 0.2) is 27.3 Å². The summed E-state index contributed by atoms with van der Waals surface area (Å²) in [6, 6.07) is 5.44. The van der Waals surface area contributed by atoms with Gasteiger partial charge in [0.15, 0.2) is 4.67 Å². The van der Waals surface area contributed by atoms with Gasteiger partial charge in [-0.3, -0.25) is 4.79 Å². The summed E-state index contributed by atoms with van der Waals surface area (Å²) in [4.78, 5) is 12.4. The van der Waals surface area contributed by atoms with Gasteiger partial charge in [0.25, 0.3) is 0 Å². The van der Waals surface area contributed by atoms with E-state index in [4.69, 9.17) is 20.8 Å². The lowest BCUT2D eigenvalue weighted by Gasteiger charge is -2.01. The summed E-state index contributed by atoms with van der Waals surface area (Å²) in [5, 5.41) is 0. The number of carbonyl (C=O) groups excluding carboxylic acids is 1. The molecule has 2 aromatic rings. The van der Waals surface area contributed by atoms with Crippen LogP contribution in [-0.4, -0.2) is 12.6 Å². The van der Waals surface area contributed by atoms with Crippen LogP contribution in [0.2, 0.25) is 4.34 Å². The van der Waals surface area contributed by atoms with Gasteiger partial charge in [0, 0.05) is 5.56 Å². The summed E-state index contributed by atoms with van der Waals surface area (Å²) >= 11 is 10.6. The second-order valence-electron chi connectivity index (χ2n) is 3.49. The summed E-state index contributed by atoms with van der Waals surface area (Å²) < 4.78 is 11.8. The van der Waals surface area contributed by atoms with Crippen LogP contribution < -0.4 is 0 Å². The molecule has 6 heteroatoms. The number of hydrogen-bond donors (Lipinski definition) is 0. The van der Waals surface area contributed by atoms with Gasteiger partial charge in [0.1, 0.15) is 5.76 Å². The van der Waals surface area contributed by atoms with E-state index in [-0.39, 0.29) is 12.4 Å². The van der Waals surface area contributed by atoms with Gasteiger partial charge in [0.05, 0.1) is 22.2 Å². The quantitative estimate of drug-likeness (QED) is 0.761. The summed E-state index contributed by atoms with van der Waals surface area (Å²) in [5.41, 5.74) is 0.791. The molecular weight excluding hydrogens is 340 g/mol. The highest BCUT2D eigenvalue weighted by molar-refractivity contribution is 9.10. The van der Waals surface area contributed by atoms with Crippen molar-refractivity contribution in [3.05, 3.63) is 32.8 Å². The second-order valence-corrected chi connectivity index (χ2v) is 5.99. The molecule has 0 aliphatic heterocycles. The first-order valence-corrected chi connectivity index (χ1v) is 7.28. The van der Waals surface area contributed by atoms with Crippen molar-refractivity contribution in [3.63, 3.8) is 0 Å². The smallest absolute Gasteiger partial charge is 0.310 e. The highest BCUT2D eigenvalue weighted by Crippen LogP contribution is 2.36. The zero-order valence-electron chi connectivity index (χ0n) is 9.54. The van der Waals surface area contributed by atoms with E-state index in [0.717, 1.165) is 10.4 Å². The van der Waals surface area contributed by atoms with Crippen molar-refractivity contribution in [3.8, 4) is 10.6 Å². The monoisotopic (exact) mass is 348 g/mol. The lowest BCUT2D eigenvalue weighted by atomic mass is 10.1. The molecule has 2 heterocycles. The molecule has 18 heavy (non-hydrogen) atoms. The van der Waals surface area contributed by atoms with Gasteiger partial charge in [-0.1, -0.05) is 11.6 Å². The summed E-state index contributed by atoms with van der Waals surface area (Å²) in [6.45, 7) is 2.15. The molecule has 0 aliphatic rings. The summed E-state index contributed by atoms with van der Waals surface area (Å²) in [7, 11) is 0. The zero-order valence-corrected chi connectivity index (χ0v) is 12.7. The third kappa shape index (κ3) is 3.16. The largest absolute Gasteiger partial charge is 0.466 e. The van der Waals surface area contributed by atoms with Crippen LogP contribution in [0.3, 0.4) is 0 Å². The zero-order chi connectivity index (χ0) is 13.1. The molecule has 0 saturated heterocycles. The van der Waals surface area contributed by atoms with Gasteiger partial charge >= 0.3 is 5.97 Å². The Labute approximate surface area is 122 Å². The predicted molar refractivity (Wildman–Crippen MR) is 75.1 cm³/mol. The van der Waals surface area contributed by atoms with E-state index in [2.05, 4.69) is 15.9 Å². The molecule has 0 saturated carbocycles. The Kier molecular flexibility index (Phi) is 4.48. The molecule has 0 bridgehead atoms. The minimum absolute atomic E-state index is 0.188. The SMILES string of the molecule is CCOC(=O)Cc1cc(Br)oc1-c1ccc(Cl)s1. The Hall–Kier alpha value is -0.780. The number of ether oxygens (including phenoxy) is 1. The van der Waals surface area contributed by atoms with Crippen molar-refractivity contribution in [2.75, 3.05) is 6.61 Å². The van der Waals surface area contributed by atoms with Gasteiger partial charge in [-0.05, 0) is 41.1 Å². The van der Waals surface area contributed by atoms with Crippen molar-refractivity contribution < 1.29 is 13.9 Å². The van der Waals surface area contributed by atoms with Crippen molar-refractivity contribution >= 4 is 44.8 Å². The molecular formula is C12H10BrClO3S. The minimum Gasteiger partial charge on any atom is -0.466 e. The lowest BCUT2D eigenvalue weighted by molar-refractivity contribution is -0.142. The molecule has 0 aromatic carbocycles. The first-order valence-electron chi connectivity index (χ1n) is 5.29. The van der Waals surface area contributed by atoms with E-state index in [0.29, 0.717) is 21.4 Å². The number of thiophene rings is 1. The fraction of sp³-hybridized carbons (Fsp3) is 0.250. The van der Waals surface area contributed by atoms with E-state index in [9.17, 15) is 4.79 Å². The number of carbonyl (C=O) groups is 1. The minimum atomic E-state index is -0.269. The van der Waals surface area contributed by atoms with Crippen molar-refractivity contribution in [2.45, 2.75) is 13.3 Å². The summed E-state index contributed by atoms with van der Waals surface area (Å²) in [5.74, 6) is 0.390. The molecule has 0 atom stereocenters. The normalized spacial score (nSPS) is 10.6. The molecule has 0 amide bonds. The molecule has 0 fully saturated rings. The number of rotatable bonds is 4. The van der Waals surface area contributed by atoms with Crippen LogP contribution >= 0.6 is 38.9 Å². The third-order valence-corrected chi connectivity index (χ3v) is 3.84. The van der Waals surface area contributed by atoms with Crippen molar-refractivity contribution in [1.82, 2.24) is 0 Å². The van der Waals surface area contributed by atoms with E-state index in [1.807, 2.05) is 6.07 Å². The van der Waals surface area contributed by atoms with E-state index >= 15 is 0 Å². The van der Waals surface area contributed by atoms with Crippen molar-refractivity contribution in [1.29, 1.82) is 0 Å². The molecule has 0 aliphatic carbocycles. The van der Waals surface area contributed by atoms with Crippen LogP contribution in [0.1, 0.15) is 12.5 Å². The first-order chi connectivity index (χ1) is 8.60. The Balaban J connectivity index is 2.28. The van der Waals surface area contributed by atoms with Crippen LogP contribution in [0.25, 0.3) is 10.6 Å².